The minimum atomic E-state index is -0.180. The molecule has 0 spiro atoms. The van der Waals surface area contributed by atoms with E-state index in [4.69, 9.17) is 10.6 Å². The van der Waals surface area contributed by atoms with Gasteiger partial charge >= 0.3 is 0 Å². The third kappa shape index (κ3) is 1.96. The fourth-order valence-corrected chi connectivity index (χ4v) is 2.27. The van der Waals surface area contributed by atoms with Crippen molar-refractivity contribution in [2.24, 2.45) is 5.84 Å². The van der Waals surface area contributed by atoms with Gasteiger partial charge in [0.1, 0.15) is 5.75 Å². The topological polar surface area (TPSA) is 55.6 Å². The van der Waals surface area contributed by atoms with E-state index in [1.54, 1.807) is 13.2 Å². The van der Waals surface area contributed by atoms with Crippen LogP contribution in [0.2, 0.25) is 0 Å². The van der Waals surface area contributed by atoms with E-state index >= 15 is 0 Å². The molecule has 1 amide bonds. The van der Waals surface area contributed by atoms with Crippen LogP contribution in [0, 0.1) is 0 Å². The lowest BCUT2D eigenvalue weighted by Crippen LogP contribution is -2.30. The van der Waals surface area contributed by atoms with Gasteiger partial charge < -0.3 is 4.74 Å². The molecule has 0 aliphatic carbocycles. The van der Waals surface area contributed by atoms with E-state index < -0.39 is 0 Å². The number of methoxy groups -OCH3 is 1. The molecule has 0 aromatic heterocycles. The fourth-order valence-electron chi connectivity index (χ4n) is 2.27. The van der Waals surface area contributed by atoms with Gasteiger partial charge in [0.15, 0.2) is 0 Å². The Bertz CT molecular complexity index is 690. The van der Waals surface area contributed by atoms with Crippen LogP contribution < -0.4 is 10.6 Å². The summed E-state index contributed by atoms with van der Waals surface area (Å²) in [5, 5.41) is 1.19. The first-order valence-corrected chi connectivity index (χ1v) is 6.25. The molecule has 0 saturated carbocycles. The highest BCUT2D eigenvalue weighted by Crippen LogP contribution is 2.31. The van der Waals surface area contributed by atoms with Crippen LogP contribution in [0.4, 0.5) is 0 Å². The van der Waals surface area contributed by atoms with E-state index in [0.717, 1.165) is 16.9 Å². The van der Waals surface area contributed by atoms with Crippen LogP contribution in [0.15, 0.2) is 48.5 Å². The van der Waals surface area contributed by atoms with Crippen molar-refractivity contribution in [3.05, 3.63) is 65.2 Å². The highest BCUT2D eigenvalue weighted by atomic mass is 16.5. The summed E-state index contributed by atoms with van der Waals surface area (Å²) in [6.07, 6.45) is 1.89. The maximum absolute atomic E-state index is 12.0. The molecule has 0 bridgehead atoms. The van der Waals surface area contributed by atoms with Gasteiger partial charge in [-0.2, -0.15) is 0 Å². The summed E-state index contributed by atoms with van der Waals surface area (Å²) in [6, 6.07) is 15.0. The number of carbonyl (C=O) groups excluding carboxylic acids is 1. The van der Waals surface area contributed by atoms with Crippen LogP contribution in [0.3, 0.4) is 0 Å². The minimum Gasteiger partial charge on any atom is -0.497 e. The Morgan fingerprint density at radius 1 is 1.05 bits per heavy atom. The molecule has 0 unspecified atom stereocenters. The zero-order chi connectivity index (χ0) is 14.1. The van der Waals surface area contributed by atoms with E-state index in [-0.39, 0.29) is 5.91 Å². The number of carbonyl (C=O) groups is 1. The van der Waals surface area contributed by atoms with Gasteiger partial charge in [0.2, 0.25) is 0 Å². The fraction of sp³-hybridized carbons (Fsp3) is 0.0625. The third-order valence-corrected chi connectivity index (χ3v) is 3.33. The predicted molar refractivity (Wildman–Crippen MR) is 77.7 cm³/mol. The summed E-state index contributed by atoms with van der Waals surface area (Å²) in [4.78, 5) is 12.0. The maximum Gasteiger partial charge on any atom is 0.273 e. The van der Waals surface area contributed by atoms with Crippen LogP contribution >= 0.6 is 0 Å². The summed E-state index contributed by atoms with van der Waals surface area (Å²) in [6.45, 7) is 0. The molecule has 100 valence electrons. The molecule has 2 aromatic rings. The Balaban J connectivity index is 2.04. The number of rotatable bonds is 2. The molecule has 4 nitrogen and oxygen atoms in total. The van der Waals surface area contributed by atoms with Crippen LogP contribution in [-0.4, -0.2) is 18.0 Å². The number of nitrogens with zero attached hydrogens (tertiary/aromatic N) is 1. The molecule has 1 aliphatic rings. The van der Waals surface area contributed by atoms with Gasteiger partial charge in [0.25, 0.3) is 5.91 Å². The van der Waals surface area contributed by atoms with Crippen molar-refractivity contribution in [1.82, 2.24) is 5.01 Å². The van der Waals surface area contributed by atoms with E-state index in [9.17, 15) is 4.79 Å². The van der Waals surface area contributed by atoms with Crippen LogP contribution in [0.25, 0.3) is 11.8 Å². The molecular weight excluding hydrogens is 252 g/mol. The second-order valence-corrected chi connectivity index (χ2v) is 4.52. The minimum absolute atomic E-state index is 0.180. The number of ether oxygens (including phenoxy) is 1. The Morgan fingerprint density at radius 3 is 2.35 bits per heavy atom. The van der Waals surface area contributed by atoms with Gasteiger partial charge in [-0.05, 0) is 29.8 Å². The third-order valence-electron chi connectivity index (χ3n) is 3.33. The Morgan fingerprint density at radius 2 is 1.70 bits per heavy atom. The molecule has 0 radical (unpaired) electrons. The van der Waals surface area contributed by atoms with E-state index in [0.29, 0.717) is 11.3 Å². The number of hydrazine groups is 1. The Hall–Kier alpha value is -2.59. The zero-order valence-electron chi connectivity index (χ0n) is 11.0. The molecule has 0 fully saturated rings. The monoisotopic (exact) mass is 266 g/mol. The van der Waals surface area contributed by atoms with Crippen molar-refractivity contribution in [1.29, 1.82) is 0 Å². The standard InChI is InChI=1S/C16H14N2O2/c1-20-12-8-6-11(7-9-12)10-15-13-4-2-3-5-14(13)16(19)18(15)17/h2-10H,17H2,1H3/b15-10-. The number of nitrogens with two attached hydrogens (primary N) is 1. The Kier molecular flexibility index (Phi) is 3.00. The van der Waals surface area contributed by atoms with Gasteiger partial charge in [-0.1, -0.05) is 30.3 Å². The second-order valence-electron chi connectivity index (χ2n) is 4.52. The van der Waals surface area contributed by atoms with Crippen molar-refractivity contribution in [2.45, 2.75) is 0 Å². The smallest absolute Gasteiger partial charge is 0.273 e. The van der Waals surface area contributed by atoms with E-state index in [1.165, 1.54) is 5.01 Å². The van der Waals surface area contributed by atoms with Gasteiger partial charge in [-0.15, -0.1) is 0 Å². The summed E-state index contributed by atoms with van der Waals surface area (Å²) >= 11 is 0. The van der Waals surface area contributed by atoms with Crippen LogP contribution in [0.1, 0.15) is 21.5 Å². The summed E-state index contributed by atoms with van der Waals surface area (Å²) in [7, 11) is 1.63. The first-order valence-electron chi connectivity index (χ1n) is 6.25. The largest absolute Gasteiger partial charge is 0.497 e. The molecule has 3 rings (SSSR count). The normalized spacial score (nSPS) is 15.6. The van der Waals surface area contributed by atoms with Crippen molar-refractivity contribution in [3.63, 3.8) is 0 Å². The van der Waals surface area contributed by atoms with Crippen molar-refractivity contribution in [2.75, 3.05) is 7.11 Å². The quantitative estimate of drug-likeness (QED) is 0.671. The van der Waals surface area contributed by atoms with Gasteiger partial charge in [-0.3, -0.25) is 4.79 Å². The lowest BCUT2D eigenvalue weighted by molar-refractivity contribution is 0.0851. The van der Waals surface area contributed by atoms with E-state index in [2.05, 4.69) is 0 Å². The molecular formula is C16H14N2O2. The molecule has 2 N–H and O–H groups in total. The number of hydrogen-bond donors (Lipinski definition) is 1. The molecule has 1 aliphatic heterocycles. The lowest BCUT2D eigenvalue weighted by Gasteiger charge is -2.10. The van der Waals surface area contributed by atoms with Gasteiger partial charge in [0, 0.05) is 5.56 Å². The van der Waals surface area contributed by atoms with Crippen LogP contribution in [0.5, 0.6) is 5.75 Å². The zero-order valence-corrected chi connectivity index (χ0v) is 11.0. The predicted octanol–water partition coefficient (Wildman–Crippen LogP) is 2.52. The van der Waals surface area contributed by atoms with Crippen molar-refractivity contribution < 1.29 is 9.53 Å². The van der Waals surface area contributed by atoms with Crippen LogP contribution in [-0.2, 0) is 0 Å². The summed E-state index contributed by atoms with van der Waals surface area (Å²) in [5.74, 6) is 6.48. The average molecular weight is 266 g/mol. The number of amides is 1. The molecule has 0 saturated heterocycles. The molecule has 20 heavy (non-hydrogen) atoms. The highest BCUT2D eigenvalue weighted by Gasteiger charge is 2.29. The maximum atomic E-state index is 12.0. The first-order chi connectivity index (χ1) is 9.70. The second kappa shape index (κ2) is 4.83. The first kappa shape index (κ1) is 12.4. The molecule has 0 atom stereocenters. The lowest BCUT2D eigenvalue weighted by atomic mass is 10.1. The summed E-state index contributed by atoms with van der Waals surface area (Å²) < 4.78 is 5.12. The highest BCUT2D eigenvalue weighted by molar-refractivity contribution is 6.11. The molecule has 2 aromatic carbocycles. The summed E-state index contributed by atoms with van der Waals surface area (Å²) in [5.41, 5.74) is 3.15. The number of fused-ring (bicyclic) bond motifs is 1. The van der Waals surface area contributed by atoms with Crippen molar-refractivity contribution >= 4 is 17.7 Å². The number of benzene rings is 2. The SMILES string of the molecule is COc1ccc(/C=C2/c3ccccc3C(=O)N2N)cc1. The number of hydrogen-bond acceptors (Lipinski definition) is 3. The van der Waals surface area contributed by atoms with E-state index in [1.807, 2.05) is 48.5 Å². The van der Waals surface area contributed by atoms with Gasteiger partial charge in [0.05, 0.1) is 18.4 Å². The van der Waals surface area contributed by atoms with Crippen molar-refractivity contribution in [3.8, 4) is 5.75 Å². The molecule has 4 heteroatoms. The average Bonchev–Trinajstić information content (AvgIpc) is 2.74. The molecule has 1 heterocycles. The van der Waals surface area contributed by atoms with Gasteiger partial charge in [-0.25, -0.2) is 10.9 Å². The Labute approximate surface area is 117 Å².